The van der Waals surface area contributed by atoms with Crippen molar-refractivity contribution < 1.29 is 35.0 Å². The van der Waals surface area contributed by atoms with Crippen LogP contribution in [-0.4, -0.2) is 39.8 Å². The van der Waals surface area contributed by atoms with Crippen LogP contribution in [0.4, 0.5) is 0 Å². The van der Waals surface area contributed by atoms with E-state index in [1.165, 1.54) is 0 Å². The Labute approximate surface area is 254 Å². The fraction of sp³-hybridized carbons (Fsp3) is 0.189. The Morgan fingerprint density at radius 2 is 1.16 bits per heavy atom. The molecule has 222 valence electrons. The van der Waals surface area contributed by atoms with Crippen LogP contribution in [0, 0.1) is 0 Å². The summed E-state index contributed by atoms with van der Waals surface area (Å²) in [4.78, 5) is 0. The molecule has 0 unspecified atom stereocenters. The highest BCUT2D eigenvalue weighted by Gasteiger charge is 2.34. The standard InChI is InChI=1S/C37H32O7/c1-43-31-18-30(41)34(28-12-6-20-16-23(39)9-13-25(20)32(28)31)35-36(42)29(15-19-3-7-22(38)8-4-19)27-11-5-21-17-24(40)10-14-26(21)33(27)37(35)44-2/h3-4,7-10,13-14,16-18,38-42H,5-6,11-12,15H2,1-2H3. The third-order valence-electron chi connectivity index (χ3n) is 9.01. The highest BCUT2D eigenvalue weighted by molar-refractivity contribution is 5.98. The Morgan fingerprint density at radius 1 is 0.568 bits per heavy atom. The summed E-state index contributed by atoms with van der Waals surface area (Å²) in [6, 6.07) is 19.0. The predicted molar refractivity (Wildman–Crippen MR) is 168 cm³/mol. The molecule has 5 N–H and O–H groups in total. The van der Waals surface area contributed by atoms with Crippen LogP contribution in [0.15, 0.2) is 66.7 Å². The summed E-state index contributed by atoms with van der Waals surface area (Å²) in [6.45, 7) is 0. The van der Waals surface area contributed by atoms with E-state index in [0.717, 1.165) is 50.1 Å². The molecule has 0 saturated heterocycles. The Morgan fingerprint density at radius 3 is 1.77 bits per heavy atom. The third kappa shape index (κ3) is 4.27. The topological polar surface area (TPSA) is 120 Å². The van der Waals surface area contributed by atoms with Crippen molar-refractivity contribution in [3.8, 4) is 73.6 Å². The molecule has 0 heterocycles. The van der Waals surface area contributed by atoms with E-state index in [1.807, 2.05) is 24.3 Å². The van der Waals surface area contributed by atoms with Crippen LogP contribution in [-0.2, 0) is 32.1 Å². The molecule has 0 bridgehead atoms. The van der Waals surface area contributed by atoms with Crippen molar-refractivity contribution in [3.05, 3.63) is 100 Å². The molecular weight excluding hydrogens is 556 g/mol. The smallest absolute Gasteiger partial charge is 0.138 e. The van der Waals surface area contributed by atoms with Crippen LogP contribution in [0.5, 0.6) is 40.2 Å². The molecule has 2 aliphatic rings. The molecule has 0 fully saturated rings. The number of methoxy groups -OCH3 is 2. The molecule has 0 aromatic heterocycles. The minimum atomic E-state index is -0.0475. The maximum atomic E-state index is 12.3. The molecular formula is C37H32O7. The van der Waals surface area contributed by atoms with Crippen molar-refractivity contribution in [1.82, 2.24) is 0 Å². The molecule has 7 heteroatoms. The van der Waals surface area contributed by atoms with Gasteiger partial charge in [0, 0.05) is 34.7 Å². The number of rotatable bonds is 5. The number of hydrogen-bond acceptors (Lipinski definition) is 7. The number of ether oxygens (including phenoxy) is 2. The number of phenolic OH excluding ortho intramolecular Hbond substituents is 5. The molecule has 2 aliphatic carbocycles. The molecule has 7 nitrogen and oxygen atoms in total. The van der Waals surface area contributed by atoms with Gasteiger partial charge < -0.3 is 35.0 Å². The molecule has 7 rings (SSSR count). The highest BCUT2D eigenvalue weighted by Crippen LogP contribution is 2.57. The first-order valence-electron chi connectivity index (χ1n) is 14.6. The Hall–Kier alpha value is -5.30. The van der Waals surface area contributed by atoms with Crippen molar-refractivity contribution in [2.24, 2.45) is 0 Å². The van der Waals surface area contributed by atoms with Crippen LogP contribution in [0.25, 0.3) is 33.4 Å². The molecule has 5 aromatic rings. The summed E-state index contributed by atoms with van der Waals surface area (Å²) in [5.41, 5.74) is 9.57. The number of aryl methyl sites for hydroxylation is 2. The van der Waals surface area contributed by atoms with Gasteiger partial charge >= 0.3 is 0 Å². The van der Waals surface area contributed by atoms with Gasteiger partial charge in [0.15, 0.2) is 0 Å². The zero-order valence-electron chi connectivity index (χ0n) is 24.4. The minimum Gasteiger partial charge on any atom is -0.508 e. The summed E-state index contributed by atoms with van der Waals surface area (Å²) in [6.07, 6.45) is 2.83. The van der Waals surface area contributed by atoms with Gasteiger partial charge in [0.25, 0.3) is 0 Å². The lowest BCUT2D eigenvalue weighted by Gasteiger charge is -2.30. The van der Waals surface area contributed by atoms with Gasteiger partial charge in [-0.15, -0.1) is 0 Å². The second-order valence-electron chi connectivity index (χ2n) is 11.4. The number of hydrogen-bond donors (Lipinski definition) is 5. The van der Waals surface area contributed by atoms with Crippen molar-refractivity contribution in [1.29, 1.82) is 0 Å². The monoisotopic (exact) mass is 588 g/mol. The Balaban J connectivity index is 1.57. The van der Waals surface area contributed by atoms with Crippen LogP contribution in [0.2, 0.25) is 0 Å². The molecule has 0 atom stereocenters. The summed E-state index contributed by atoms with van der Waals surface area (Å²) < 4.78 is 11.9. The minimum absolute atomic E-state index is 0.0232. The largest absolute Gasteiger partial charge is 0.508 e. The molecule has 0 radical (unpaired) electrons. The normalized spacial score (nSPS) is 13.0. The van der Waals surface area contributed by atoms with Crippen LogP contribution in [0.1, 0.15) is 33.4 Å². The number of fused-ring (bicyclic) bond motifs is 6. The van der Waals surface area contributed by atoms with Gasteiger partial charge in [-0.3, -0.25) is 0 Å². The van der Waals surface area contributed by atoms with Crippen molar-refractivity contribution in [2.45, 2.75) is 32.1 Å². The molecule has 0 aliphatic heterocycles. The summed E-state index contributed by atoms with van der Waals surface area (Å²) in [5, 5.41) is 54.3. The van der Waals surface area contributed by atoms with Crippen molar-refractivity contribution in [3.63, 3.8) is 0 Å². The van der Waals surface area contributed by atoms with Gasteiger partial charge in [0.1, 0.15) is 40.2 Å². The van der Waals surface area contributed by atoms with E-state index in [0.29, 0.717) is 60.3 Å². The van der Waals surface area contributed by atoms with E-state index in [9.17, 15) is 25.5 Å². The molecule has 0 amide bonds. The maximum Gasteiger partial charge on any atom is 0.138 e. The first-order chi connectivity index (χ1) is 21.3. The lowest BCUT2D eigenvalue weighted by molar-refractivity contribution is 0.404. The summed E-state index contributed by atoms with van der Waals surface area (Å²) >= 11 is 0. The Bertz CT molecular complexity index is 1960. The first kappa shape index (κ1) is 27.5. The first-order valence-corrected chi connectivity index (χ1v) is 14.6. The fourth-order valence-corrected chi connectivity index (χ4v) is 7.08. The number of phenols is 5. The second-order valence-corrected chi connectivity index (χ2v) is 11.4. The number of benzene rings is 5. The average molecular weight is 589 g/mol. The van der Waals surface area contributed by atoms with E-state index in [4.69, 9.17) is 9.47 Å². The lowest BCUT2D eigenvalue weighted by atomic mass is 9.76. The third-order valence-corrected chi connectivity index (χ3v) is 9.01. The lowest BCUT2D eigenvalue weighted by Crippen LogP contribution is -2.12. The predicted octanol–water partition coefficient (Wildman–Crippen LogP) is 7.02. The fourth-order valence-electron chi connectivity index (χ4n) is 7.08. The van der Waals surface area contributed by atoms with Crippen molar-refractivity contribution >= 4 is 0 Å². The quantitative estimate of drug-likeness (QED) is 0.150. The van der Waals surface area contributed by atoms with Crippen LogP contribution in [0.3, 0.4) is 0 Å². The average Bonchev–Trinajstić information content (AvgIpc) is 3.02. The van der Waals surface area contributed by atoms with E-state index in [2.05, 4.69) is 0 Å². The van der Waals surface area contributed by atoms with E-state index < -0.39 is 0 Å². The molecule has 0 spiro atoms. The van der Waals surface area contributed by atoms with Gasteiger partial charge in [-0.05, 0) is 101 Å². The maximum absolute atomic E-state index is 12.3. The van der Waals surface area contributed by atoms with E-state index in [1.54, 1.807) is 56.7 Å². The van der Waals surface area contributed by atoms with Gasteiger partial charge in [0.05, 0.1) is 19.8 Å². The summed E-state index contributed by atoms with van der Waals surface area (Å²) in [7, 11) is 3.13. The number of aromatic hydroxyl groups is 5. The van der Waals surface area contributed by atoms with Crippen LogP contribution < -0.4 is 9.47 Å². The summed E-state index contributed by atoms with van der Waals surface area (Å²) in [5.74, 6) is 1.44. The van der Waals surface area contributed by atoms with E-state index in [-0.39, 0.29) is 28.7 Å². The van der Waals surface area contributed by atoms with Crippen molar-refractivity contribution in [2.75, 3.05) is 14.2 Å². The molecule has 44 heavy (non-hydrogen) atoms. The van der Waals surface area contributed by atoms with Gasteiger partial charge in [-0.25, -0.2) is 0 Å². The highest BCUT2D eigenvalue weighted by atomic mass is 16.5. The van der Waals surface area contributed by atoms with Gasteiger partial charge in [-0.1, -0.05) is 24.3 Å². The van der Waals surface area contributed by atoms with Gasteiger partial charge in [0.2, 0.25) is 0 Å². The zero-order valence-corrected chi connectivity index (χ0v) is 24.4. The van der Waals surface area contributed by atoms with E-state index >= 15 is 0 Å². The molecule has 5 aromatic carbocycles. The van der Waals surface area contributed by atoms with Crippen LogP contribution >= 0.6 is 0 Å². The Kier molecular flexibility index (Phi) is 6.54. The molecule has 0 saturated carbocycles. The zero-order chi connectivity index (χ0) is 30.7. The SMILES string of the molecule is COc1cc(O)c(-c2c(O)c(Cc3ccc(O)cc3)c3c(c2OC)-c2ccc(O)cc2CC3)c2c1-c1ccc(O)cc1CC2. The van der Waals surface area contributed by atoms with Gasteiger partial charge in [-0.2, -0.15) is 0 Å². The second kappa shape index (κ2) is 10.5.